The van der Waals surface area contributed by atoms with Crippen molar-refractivity contribution in [1.29, 1.82) is 0 Å². The molecule has 0 atom stereocenters. The summed E-state index contributed by atoms with van der Waals surface area (Å²) in [7, 11) is 3.67. The number of carbonyl (C=O) groups excluding carboxylic acids is 1. The van der Waals surface area contributed by atoms with Gasteiger partial charge in [-0.05, 0) is 32.3 Å². The van der Waals surface area contributed by atoms with E-state index in [1.54, 1.807) is 0 Å². The van der Waals surface area contributed by atoms with Crippen LogP contribution in [0.15, 0.2) is 18.2 Å². The molecule has 0 unspecified atom stereocenters. The van der Waals surface area contributed by atoms with Gasteiger partial charge in [0.15, 0.2) is 0 Å². The Labute approximate surface area is 111 Å². The SMILES string of the molecule is CNCCN(C)CC(=O)Nc1ccc(Cl)cc1F. The lowest BCUT2D eigenvalue weighted by Crippen LogP contribution is -2.34. The maximum Gasteiger partial charge on any atom is 0.238 e. The second-order valence-corrected chi connectivity index (χ2v) is 4.45. The number of hydrogen-bond acceptors (Lipinski definition) is 3. The van der Waals surface area contributed by atoms with Gasteiger partial charge in [-0.25, -0.2) is 4.39 Å². The Kier molecular flexibility index (Phi) is 6.04. The van der Waals surface area contributed by atoms with Gasteiger partial charge in [0.05, 0.1) is 12.2 Å². The molecule has 0 heterocycles. The van der Waals surface area contributed by atoms with E-state index in [-0.39, 0.29) is 18.1 Å². The Morgan fingerprint density at radius 2 is 2.22 bits per heavy atom. The molecule has 1 rings (SSSR count). The molecule has 0 saturated heterocycles. The third-order valence-electron chi connectivity index (χ3n) is 2.36. The third-order valence-corrected chi connectivity index (χ3v) is 2.60. The average Bonchev–Trinajstić information content (AvgIpc) is 2.30. The number of benzene rings is 1. The van der Waals surface area contributed by atoms with Gasteiger partial charge in [-0.1, -0.05) is 11.6 Å². The summed E-state index contributed by atoms with van der Waals surface area (Å²) in [6, 6.07) is 4.15. The van der Waals surface area contributed by atoms with E-state index in [9.17, 15) is 9.18 Å². The maximum atomic E-state index is 13.4. The summed E-state index contributed by atoms with van der Waals surface area (Å²) in [5.74, 6) is -0.788. The van der Waals surface area contributed by atoms with Gasteiger partial charge in [0.25, 0.3) is 0 Å². The number of nitrogens with one attached hydrogen (secondary N) is 2. The lowest BCUT2D eigenvalue weighted by Gasteiger charge is -2.16. The number of carbonyl (C=O) groups is 1. The minimum Gasteiger partial charge on any atom is -0.322 e. The molecule has 0 bridgehead atoms. The zero-order valence-corrected chi connectivity index (χ0v) is 11.2. The van der Waals surface area contributed by atoms with Crippen molar-refractivity contribution in [2.75, 3.05) is 39.0 Å². The maximum absolute atomic E-state index is 13.4. The summed E-state index contributed by atoms with van der Waals surface area (Å²) in [4.78, 5) is 13.5. The standard InChI is InChI=1S/C12H17ClFN3O/c1-15-5-6-17(2)8-12(18)16-11-4-3-9(13)7-10(11)14/h3-4,7,15H,5-6,8H2,1-2H3,(H,16,18). The molecular weight excluding hydrogens is 257 g/mol. The van der Waals surface area contributed by atoms with Gasteiger partial charge < -0.3 is 10.6 Å². The van der Waals surface area contributed by atoms with Crippen LogP contribution in [0.1, 0.15) is 0 Å². The quantitative estimate of drug-likeness (QED) is 0.827. The number of amides is 1. The molecule has 0 aliphatic rings. The van der Waals surface area contributed by atoms with Crippen LogP contribution in [0.2, 0.25) is 5.02 Å². The molecule has 0 fully saturated rings. The summed E-state index contributed by atoms with van der Waals surface area (Å²) in [6.07, 6.45) is 0. The van der Waals surface area contributed by atoms with E-state index < -0.39 is 5.82 Å². The topological polar surface area (TPSA) is 44.4 Å². The van der Waals surface area contributed by atoms with Crippen LogP contribution < -0.4 is 10.6 Å². The number of hydrogen-bond donors (Lipinski definition) is 2. The first kappa shape index (κ1) is 14.9. The molecule has 0 aromatic heterocycles. The number of rotatable bonds is 6. The lowest BCUT2D eigenvalue weighted by molar-refractivity contribution is -0.117. The number of likely N-dealkylation sites (N-methyl/N-ethyl adjacent to an activating group) is 2. The first-order valence-electron chi connectivity index (χ1n) is 5.61. The fourth-order valence-corrected chi connectivity index (χ4v) is 1.57. The van der Waals surface area contributed by atoms with Crippen LogP contribution >= 0.6 is 11.6 Å². The molecular formula is C12H17ClFN3O. The summed E-state index contributed by atoms with van der Waals surface area (Å²) < 4.78 is 13.4. The summed E-state index contributed by atoms with van der Waals surface area (Å²) >= 11 is 5.63. The molecule has 100 valence electrons. The smallest absolute Gasteiger partial charge is 0.238 e. The zero-order chi connectivity index (χ0) is 13.5. The summed E-state index contributed by atoms with van der Waals surface area (Å²) in [6.45, 7) is 1.75. The van der Waals surface area contributed by atoms with Gasteiger partial charge in [-0.2, -0.15) is 0 Å². The van der Waals surface area contributed by atoms with Crippen molar-refractivity contribution >= 4 is 23.2 Å². The monoisotopic (exact) mass is 273 g/mol. The Morgan fingerprint density at radius 1 is 1.50 bits per heavy atom. The molecule has 0 aliphatic heterocycles. The van der Waals surface area contributed by atoms with Crippen molar-refractivity contribution < 1.29 is 9.18 Å². The van der Waals surface area contributed by atoms with Crippen molar-refractivity contribution in [3.8, 4) is 0 Å². The molecule has 1 aromatic carbocycles. The Morgan fingerprint density at radius 3 is 2.83 bits per heavy atom. The number of halogens is 2. The molecule has 1 aromatic rings. The molecule has 0 saturated carbocycles. The first-order valence-corrected chi connectivity index (χ1v) is 5.98. The van der Waals surface area contributed by atoms with E-state index in [2.05, 4.69) is 10.6 Å². The highest BCUT2D eigenvalue weighted by atomic mass is 35.5. The summed E-state index contributed by atoms with van der Waals surface area (Å²) in [5.41, 5.74) is 0.145. The fraction of sp³-hybridized carbons (Fsp3) is 0.417. The molecule has 2 N–H and O–H groups in total. The van der Waals surface area contributed by atoms with Crippen LogP contribution in [-0.2, 0) is 4.79 Å². The highest BCUT2D eigenvalue weighted by molar-refractivity contribution is 6.30. The Balaban J connectivity index is 2.49. The molecule has 0 radical (unpaired) electrons. The molecule has 0 spiro atoms. The summed E-state index contributed by atoms with van der Waals surface area (Å²) in [5, 5.41) is 5.80. The largest absolute Gasteiger partial charge is 0.322 e. The van der Waals surface area contributed by atoms with Crippen LogP contribution in [-0.4, -0.2) is 44.5 Å². The zero-order valence-electron chi connectivity index (χ0n) is 10.5. The minimum absolute atomic E-state index is 0.145. The van der Waals surface area contributed by atoms with Crippen molar-refractivity contribution in [2.24, 2.45) is 0 Å². The molecule has 0 aliphatic carbocycles. The fourth-order valence-electron chi connectivity index (χ4n) is 1.41. The second-order valence-electron chi connectivity index (χ2n) is 4.01. The highest BCUT2D eigenvalue weighted by Crippen LogP contribution is 2.18. The first-order chi connectivity index (χ1) is 8.52. The molecule has 6 heteroatoms. The van der Waals surface area contributed by atoms with Gasteiger partial charge in [-0.15, -0.1) is 0 Å². The van der Waals surface area contributed by atoms with E-state index in [0.717, 1.165) is 13.1 Å². The van der Waals surface area contributed by atoms with Crippen LogP contribution in [0.4, 0.5) is 10.1 Å². The molecule has 4 nitrogen and oxygen atoms in total. The second kappa shape index (κ2) is 7.31. The van der Waals surface area contributed by atoms with Crippen molar-refractivity contribution in [3.05, 3.63) is 29.0 Å². The van der Waals surface area contributed by atoms with Gasteiger partial charge in [-0.3, -0.25) is 9.69 Å². The van der Waals surface area contributed by atoms with E-state index in [4.69, 9.17) is 11.6 Å². The highest BCUT2D eigenvalue weighted by Gasteiger charge is 2.09. The van der Waals surface area contributed by atoms with Gasteiger partial charge in [0, 0.05) is 18.1 Å². The Bertz CT molecular complexity index is 414. The van der Waals surface area contributed by atoms with Gasteiger partial charge in [0.2, 0.25) is 5.91 Å². The van der Waals surface area contributed by atoms with Crippen molar-refractivity contribution in [2.45, 2.75) is 0 Å². The molecule has 1 amide bonds. The van der Waals surface area contributed by atoms with Crippen molar-refractivity contribution in [3.63, 3.8) is 0 Å². The van der Waals surface area contributed by atoms with Crippen LogP contribution in [0.3, 0.4) is 0 Å². The van der Waals surface area contributed by atoms with Gasteiger partial charge in [0.1, 0.15) is 5.82 Å². The third kappa shape index (κ3) is 5.00. The van der Waals surface area contributed by atoms with Crippen LogP contribution in [0.5, 0.6) is 0 Å². The normalized spacial score (nSPS) is 10.7. The van der Waals surface area contributed by atoms with Gasteiger partial charge >= 0.3 is 0 Å². The predicted molar refractivity (Wildman–Crippen MR) is 71.5 cm³/mol. The van der Waals surface area contributed by atoms with E-state index in [0.29, 0.717) is 5.02 Å². The lowest BCUT2D eigenvalue weighted by atomic mass is 10.3. The van der Waals surface area contributed by atoms with E-state index in [1.165, 1.54) is 18.2 Å². The van der Waals surface area contributed by atoms with Crippen LogP contribution in [0.25, 0.3) is 0 Å². The van der Waals surface area contributed by atoms with E-state index >= 15 is 0 Å². The predicted octanol–water partition coefficient (Wildman–Crippen LogP) is 1.57. The van der Waals surface area contributed by atoms with Crippen LogP contribution in [0, 0.1) is 5.82 Å². The van der Waals surface area contributed by atoms with Crippen molar-refractivity contribution in [1.82, 2.24) is 10.2 Å². The Hall–Kier alpha value is -1.17. The average molecular weight is 274 g/mol. The van der Waals surface area contributed by atoms with E-state index in [1.807, 2.05) is 19.0 Å². The number of nitrogens with zero attached hydrogens (tertiary/aromatic N) is 1. The molecule has 18 heavy (non-hydrogen) atoms. The number of anilines is 1. The minimum atomic E-state index is -0.534.